The van der Waals surface area contributed by atoms with Crippen LogP contribution < -0.4 is 4.72 Å². The van der Waals surface area contributed by atoms with Crippen molar-refractivity contribution in [2.75, 3.05) is 11.0 Å². The molecular weight excluding hydrogens is 291 g/mol. The van der Waals surface area contributed by atoms with E-state index in [9.17, 15) is 8.42 Å². The molecule has 1 rings (SSSR count). The fourth-order valence-electron chi connectivity index (χ4n) is 0.651. The fourth-order valence-corrected chi connectivity index (χ4v) is 1.60. The Morgan fingerprint density at radius 2 is 2.25 bits per heavy atom. The van der Waals surface area contributed by atoms with Gasteiger partial charge in [-0.2, -0.15) is 0 Å². The smallest absolute Gasteiger partial charge is 0.230 e. The largest absolute Gasteiger partial charge is 0.268 e. The summed E-state index contributed by atoms with van der Waals surface area (Å²) in [6.45, 7) is 0. The second kappa shape index (κ2) is 3.56. The van der Waals surface area contributed by atoms with Crippen LogP contribution in [-0.4, -0.2) is 19.7 Å². The minimum atomic E-state index is -3.21. The van der Waals surface area contributed by atoms with Crippen LogP contribution in [0, 0.1) is 3.57 Å². The van der Waals surface area contributed by atoms with Gasteiger partial charge in [0.1, 0.15) is 5.82 Å². The number of halogens is 1. The molecule has 0 atom stereocenters. The molecule has 0 aliphatic heterocycles. The zero-order valence-electron chi connectivity index (χ0n) is 6.28. The third kappa shape index (κ3) is 3.35. The van der Waals surface area contributed by atoms with Gasteiger partial charge in [-0.1, -0.05) is 0 Å². The fraction of sp³-hybridized carbons (Fsp3) is 0.167. The molecule has 12 heavy (non-hydrogen) atoms. The molecular formula is C6H7IN2O2S. The lowest BCUT2D eigenvalue weighted by atomic mass is 10.5. The summed E-state index contributed by atoms with van der Waals surface area (Å²) in [6.07, 6.45) is 2.64. The molecule has 0 aromatic carbocycles. The maximum absolute atomic E-state index is 10.8. The molecule has 6 heteroatoms. The Morgan fingerprint density at radius 1 is 1.58 bits per heavy atom. The number of nitrogens with zero attached hydrogens (tertiary/aromatic N) is 1. The Labute approximate surface area is 84.6 Å². The molecule has 0 amide bonds. The number of sulfonamides is 1. The minimum Gasteiger partial charge on any atom is -0.268 e. The van der Waals surface area contributed by atoms with Crippen molar-refractivity contribution >= 4 is 38.4 Å². The lowest BCUT2D eigenvalue weighted by Crippen LogP contribution is -2.10. The van der Waals surface area contributed by atoms with Gasteiger partial charge in [-0.05, 0) is 34.7 Å². The van der Waals surface area contributed by atoms with Crippen molar-refractivity contribution < 1.29 is 8.42 Å². The van der Waals surface area contributed by atoms with Gasteiger partial charge in [0.05, 0.1) is 6.26 Å². The summed E-state index contributed by atoms with van der Waals surface area (Å²) in [5, 5.41) is 0. The summed E-state index contributed by atoms with van der Waals surface area (Å²) in [5.74, 6) is 0.351. The van der Waals surface area contributed by atoms with Crippen LogP contribution in [0.3, 0.4) is 0 Å². The predicted octanol–water partition coefficient (Wildman–Crippen LogP) is 1.06. The quantitative estimate of drug-likeness (QED) is 0.831. The summed E-state index contributed by atoms with van der Waals surface area (Å²) in [7, 11) is -3.21. The van der Waals surface area contributed by atoms with Gasteiger partial charge in [-0.15, -0.1) is 0 Å². The predicted molar refractivity (Wildman–Crippen MR) is 55.4 cm³/mol. The molecule has 0 saturated carbocycles. The van der Waals surface area contributed by atoms with Crippen LogP contribution in [0.5, 0.6) is 0 Å². The monoisotopic (exact) mass is 298 g/mol. The van der Waals surface area contributed by atoms with Crippen LogP contribution >= 0.6 is 22.6 Å². The van der Waals surface area contributed by atoms with Crippen LogP contribution in [0.25, 0.3) is 0 Å². The third-order valence-electron chi connectivity index (χ3n) is 1.01. The van der Waals surface area contributed by atoms with Gasteiger partial charge in [0.25, 0.3) is 0 Å². The van der Waals surface area contributed by atoms with E-state index in [1.807, 2.05) is 0 Å². The van der Waals surface area contributed by atoms with Gasteiger partial charge >= 0.3 is 0 Å². The summed E-state index contributed by atoms with van der Waals surface area (Å²) in [5.41, 5.74) is 0. The number of aromatic nitrogens is 1. The third-order valence-corrected chi connectivity index (χ3v) is 2.26. The van der Waals surface area contributed by atoms with Crippen molar-refractivity contribution in [3.05, 3.63) is 21.9 Å². The van der Waals surface area contributed by atoms with Crippen LogP contribution in [0.15, 0.2) is 18.3 Å². The second-order valence-electron chi connectivity index (χ2n) is 2.23. The molecule has 4 nitrogen and oxygen atoms in total. The highest BCUT2D eigenvalue weighted by Crippen LogP contribution is 2.09. The summed E-state index contributed by atoms with van der Waals surface area (Å²) in [4.78, 5) is 3.83. The normalized spacial score (nSPS) is 11.2. The zero-order chi connectivity index (χ0) is 9.19. The first-order valence-electron chi connectivity index (χ1n) is 3.07. The Balaban J connectivity index is 2.91. The highest BCUT2D eigenvalue weighted by atomic mass is 127. The average molecular weight is 298 g/mol. The molecule has 0 fully saturated rings. The standard InChI is InChI=1S/C6H7IN2O2S/c1-12(10,11)9-6-4-5(7)2-3-8-6/h2-4H,1H3,(H,8,9). The molecule has 0 aliphatic carbocycles. The number of hydrogen-bond acceptors (Lipinski definition) is 3. The maximum Gasteiger partial charge on any atom is 0.230 e. The van der Waals surface area contributed by atoms with Crippen LogP contribution in [0.4, 0.5) is 5.82 Å². The van der Waals surface area contributed by atoms with E-state index in [-0.39, 0.29) is 0 Å². The molecule has 1 heterocycles. The minimum absolute atomic E-state index is 0.351. The zero-order valence-corrected chi connectivity index (χ0v) is 9.26. The van der Waals surface area contributed by atoms with Crippen molar-refractivity contribution in [3.63, 3.8) is 0 Å². The molecule has 0 aliphatic rings. The number of rotatable bonds is 2. The molecule has 1 aromatic heterocycles. The number of nitrogens with one attached hydrogen (secondary N) is 1. The molecule has 0 saturated heterocycles. The van der Waals surface area contributed by atoms with Crippen molar-refractivity contribution in [1.29, 1.82) is 0 Å². The number of anilines is 1. The molecule has 66 valence electrons. The highest BCUT2D eigenvalue weighted by Gasteiger charge is 2.01. The van der Waals surface area contributed by atoms with E-state index in [0.717, 1.165) is 9.83 Å². The van der Waals surface area contributed by atoms with E-state index in [4.69, 9.17) is 0 Å². The van der Waals surface area contributed by atoms with Crippen molar-refractivity contribution in [1.82, 2.24) is 4.98 Å². The first-order valence-corrected chi connectivity index (χ1v) is 6.04. The highest BCUT2D eigenvalue weighted by molar-refractivity contribution is 14.1. The molecule has 0 bridgehead atoms. The molecule has 0 unspecified atom stereocenters. The first-order chi connectivity index (χ1) is 5.47. The maximum atomic E-state index is 10.8. The van der Waals surface area contributed by atoms with Crippen LogP contribution in [0.1, 0.15) is 0 Å². The molecule has 0 spiro atoms. The Bertz CT molecular complexity index is 377. The second-order valence-corrected chi connectivity index (χ2v) is 5.23. The van der Waals surface area contributed by atoms with Crippen LogP contribution in [-0.2, 0) is 10.0 Å². The van der Waals surface area contributed by atoms with E-state index in [1.165, 1.54) is 0 Å². The SMILES string of the molecule is CS(=O)(=O)Nc1cc(I)ccn1. The van der Waals surface area contributed by atoms with Gasteiger partial charge in [0.2, 0.25) is 10.0 Å². The lowest BCUT2D eigenvalue weighted by Gasteiger charge is -2.01. The van der Waals surface area contributed by atoms with E-state index in [0.29, 0.717) is 5.82 Å². The number of hydrogen-bond donors (Lipinski definition) is 1. The average Bonchev–Trinajstić information content (AvgIpc) is 1.82. The summed E-state index contributed by atoms with van der Waals surface area (Å²) in [6, 6.07) is 3.44. The van der Waals surface area contributed by atoms with Gasteiger partial charge < -0.3 is 0 Å². The molecule has 0 radical (unpaired) electrons. The van der Waals surface area contributed by atoms with Gasteiger partial charge in [0, 0.05) is 9.77 Å². The summed E-state index contributed by atoms with van der Waals surface area (Å²) >= 11 is 2.08. The van der Waals surface area contributed by atoms with E-state index < -0.39 is 10.0 Å². The molecule has 1 N–H and O–H groups in total. The topological polar surface area (TPSA) is 59.1 Å². The Morgan fingerprint density at radius 3 is 2.75 bits per heavy atom. The summed E-state index contributed by atoms with van der Waals surface area (Å²) < 4.78 is 24.7. The lowest BCUT2D eigenvalue weighted by molar-refractivity contribution is 0.606. The first kappa shape index (κ1) is 9.72. The van der Waals surface area contributed by atoms with Crippen molar-refractivity contribution in [2.45, 2.75) is 0 Å². The number of pyridine rings is 1. The Hall–Kier alpha value is -0.370. The molecule has 1 aromatic rings. The van der Waals surface area contributed by atoms with Gasteiger partial charge in [-0.3, -0.25) is 4.72 Å². The van der Waals surface area contributed by atoms with Gasteiger partial charge in [-0.25, -0.2) is 13.4 Å². The van der Waals surface area contributed by atoms with E-state index >= 15 is 0 Å². The van der Waals surface area contributed by atoms with Gasteiger partial charge in [0.15, 0.2) is 0 Å². The van der Waals surface area contributed by atoms with Crippen molar-refractivity contribution in [3.8, 4) is 0 Å². The van der Waals surface area contributed by atoms with E-state index in [1.54, 1.807) is 18.3 Å². The Kier molecular flexibility index (Phi) is 2.89. The van der Waals surface area contributed by atoms with E-state index in [2.05, 4.69) is 32.3 Å². The van der Waals surface area contributed by atoms with Crippen LogP contribution in [0.2, 0.25) is 0 Å². The van der Waals surface area contributed by atoms with Crippen molar-refractivity contribution in [2.24, 2.45) is 0 Å².